The second-order valence-electron chi connectivity index (χ2n) is 13.0. The van der Waals surface area contributed by atoms with Gasteiger partial charge >= 0.3 is 5.97 Å². The maximum Gasteiger partial charge on any atom is 0.303 e. The monoisotopic (exact) mass is 668 g/mol. The molecule has 0 aliphatic carbocycles. The van der Waals surface area contributed by atoms with Gasteiger partial charge in [-0.05, 0) is 72.9 Å². The van der Waals surface area contributed by atoms with E-state index in [0.29, 0.717) is 19.4 Å². The summed E-state index contributed by atoms with van der Waals surface area (Å²) < 4.78 is 26.0. The van der Waals surface area contributed by atoms with Gasteiger partial charge in [0, 0.05) is 22.6 Å². The fourth-order valence-electron chi connectivity index (χ4n) is 5.05. The van der Waals surface area contributed by atoms with Crippen LogP contribution in [0.4, 0.5) is 0 Å². The van der Waals surface area contributed by atoms with Crippen LogP contribution in [0, 0.1) is 0 Å². The van der Waals surface area contributed by atoms with Gasteiger partial charge in [0.05, 0.1) is 42.7 Å². The number of hydrogen-bond donors (Lipinski definition) is 1. The summed E-state index contributed by atoms with van der Waals surface area (Å²) in [5, 5.41) is 9.61. The largest absolute Gasteiger partial charge is 0.497 e. The van der Waals surface area contributed by atoms with Crippen LogP contribution in [0.2, 0.25) is 18.1 Å². The Balaban J connectivity index is 1.61. The van der Waals surface area contributed by atoms with Crippen molar-refractivity contribution in [2.75, 3.05) is 7.11 Å². The number of carboxylic acid groups (broad SMARTS) is 1. The molecule has 45 heavy (non-hydrogen) atoms. The Bertz CT molecular complexity index is 1280. The van der Waals surface area contributed by atoms with E-state index in [1.165, 1.54) is 9.79 Å². The Labute approximate surface area is 278 Å². The zero-order valence-corrected chi connectivity index (χ0v) is 29.9. The molecular formula is C36H48O6S2Si. The third kappa shape index (κ3) is 10.9. The first-order valence-electron chi connectivity index (χ1n) is 15.7. The van der Waals surface area contributed by atoms with Crippen LogP contribution in [0.5, 0.6) is 5.75 Å². The van der Waals surface area contributed by atoms with Gasteiger partial charge in [-0.25, -0.2) is 0 Å². The van der Waals surface area contributed by atoms with Gasteiger partial charge in [-0.15, -0.1) is 23.5 Å². The quantitative estimate of drug-likeness (QED) is 0.0976. The van der Waals surface area contributed by atoms with Gasteiger partial charge in [-0.2, -0.15) is 0 Å². The van der Waals surface area contributed by atoms with Crippen LogP contribution < -0.4 is 4.74 Å². The molecule has 244 valence electrons. The average molecular weight is 669 g/mol. The molecule has 1 aliphatic heterocycles. The van der Waals surface area contributed by atoms with Gasteiger partial charge < -0.3 is 23.7 Å². The smallest absolute Gasteiger partial charge is 0.303 e. The highest BCUT2D eigenvalue weighted by Crippen LogP contribution is 2.44. The van der Waals surface area contributed by atoms with Crippen molar-refractivity contribution >= 4 is 37.8 Å². The Morgan fingerprint density at radius 2 is 1.49 bits per heavy atom. The second kappa shape index (κ2) is 16.5. The number of thioether (sulfide) groups is 2. The summed E-state index contributed by atoms with van der Waals surface area (Å²) in [6.07, 6.45) is 0.762. The van der Waals surface area contributed by atoms with Crippen LogP contribution in [0.15, 0.2) is 94.7 Å². The van der Waals surface area contributed by atoms with Crippen molar-refractivity contribution in [3.05, 3.63) is 90.5 Å². The number of benzene rings is 3. The molecule has 6 nitrogen and oxygen atoms in total. The molecule has 9 heteroatoms. The normalized spacial score (nSPS) is 20.7. The first-order chi connectivity index (χ1) is 21.4. The van der Waals surface area contributed by atoms with E-state index >= 15 is 0 Å². The summed E-state index contributed by atoms with van der Waals surface area (Å²) in [5.41, 5.74) is 1.02. The molecule has 0 saturated carbocycles. The summed E-state index contributed by atoms with van der Waals surface area (Å²) in [6, 6.07) is 28.8. The van der Waals surface area contributed by atoms with E-state index in [2.05, 4.69) is 82.4 Å². The molecule has 0 radical (unpaired) electrons. The van der Waals surface area contributed by atoms with Gasteiger partial charge in [0.15, 0.2) is 8.32 Å². The summed E-state index contributed by atoms with van der Waals surface area (Å²) in [7, 11) is -0.525. The standard InChI is InChI=1S/C36H48O6S2Si/c1-36(2,3)45(5,6)42-33-23-31(40-25-26-17-19-27(39-4)20-18-26)30(21-22-34(37)38)41-32(33)24-35(43-28-13-9-7-10-14-28)44-29-15-11-8-12-16-29/h7-20,30-33,35H,21-25H2,1-6H3,(H,37,38)/t30-,31+,32+,33-/m1/s1. The summed E-state index contributed by atoms with van der Waals surface area (Å²) >= 11 is 3.67. The van der Waals surface area contributed by atoms with E-state index in [-0.39, 0.29) is 40.5 Å². The van der Waals surface area contributed by atoms with Crippen LogP contribution in [0.3, 0.4) is 0 Å². The number of hydrogen-bond acceptors (Lipinski definition) is 7. The number of aliphatic carboxylic acids is 1. The lowest BCUT2D eigenvalue weighted by Gasteiger charge is -2.47. The third-order valence-corrected chi connectivity index (χ3v) is 15.7. The van der Waals surface area contributed by atoms with Gasteiger partial charge in [0.25, 0.3) is 0 Å². The van der Waals surface area contributed by atoms with E-state index in [0.717, 1.165) is 17.7 Å². The van der Waals surface area contributed by atoms with Crippen molar-refractivity contribution in [2.45, 2.75) is 110 Å². The zero-order chi connectivity index (χ0) is 32.5. The van der Waals surface area contributed by atoms with Crippen molar-refractivity contribution < 1.29 is 28.5 Å². The van der Waals surface area contributed by atoms with Crippen LogP contribution in [-0.4, -0.2) is 55.5 Å². The summed E-state index contributed by atoms with van der Waals surface area (Å²) in [5.74, 6) is -0.0399. The minimum absolute atomic E-state index is 0.0220. The Hall–Kier alpha value is -2.27. The van der Waals surface area contributed by atoms with Gasteiger partial charge in [-0.3, -0.25) is 4.79 Å². The van der Waals surface area contributed by atoms with Crippen LogP contribution >= 0.6 is 23.5 Å². The molecule has 1 saturated heterocycles. The Kier molecular flexibility index (Phi) is 13.1. The number of methoxy groups -OCH3 is 1. The average Bonchev–Trinajstić information content (AvgIpc) is 3.00. The first kappa shape index (κ1) is 35.6. The maximum absolute atomic E-state index is 11.7. The molecule has 0 unspecified atom stereocenters. The molecule has 3 aromatic rings. The molecule has 0 amide bonds. The van der Waals surface area contributed by atoms with Crippen molar-refractivity contribution in [1.29, 1.82) is 0 Å². The lowest BCUT2D eigenvalue weighted by atomic mass is 9.94. The first-order valence-corrected chi connectivity index (χ1v) is 20.3. The molecule has 0 aromatic heterocycles. The topological polar surface area (TPSA) is 74.2 Å². The molecule has 4 rings (SSSR count). The number of ether oxygens (including phenoxy) is 3. The highest BCUT2D eigenvalue weighted by atomic mass is 32.2. The highest BCUT2D eigenvalue weighted by Gasteiger charge is 2.46. The van der Waals surface area contributed by atoms with Gasteiger partial charge in [-0.1, -0.05) is 69.3 Å². The van der Waals surface area contributed by atoms with Gasteiger partial charge in [0.1, 0.15) is 5.75 Å². The van der Waals surface area contributed by atoms with Crippen molar-refractivity contribution in [3.8, 4) is 5.75 Å². The number of carboxylic acids is 1. The van der Waals surface area contributed by atoms with E-state index < -0.39 is 14.3 Å². The second-order valence-corrected chi connectivity index (χ2v) is 20.6. The highest BCUT2D eigenvalue weighted by molar-refractivity contribution is 8.17. The molecule has 1 N–H and O–H groups in total. The van der Waals surface area contributed by atoms with Crippen molar-refractivity contribution in [1.82, 2.24) is 0 Å². The molecular weight excluding hydrogens is 621 g/mol. The maximum atomic E-state index is 11.7. The fraction of sp³-hybridized carbons (Fsp3) is 0.472. The Morgan fingerprint density at radius 1 is 0.911 bits per heavy atom. The molecule has 1 aliphatic rings. The van der Waals surface area contributed by atoms with E-state index in [4.69, 9.17) is 18.6 Å². The van der Waals surface area contributed by atoms with E-state index in [1.54, 1.807) is 7.11 Å². The SMILES string of the molecule is COc1ccc(CO[C@H]2C[C@@H](O[Si](C)(C)C(C)(C)C)[C@H](CC(Sc3ccccc3)Sc3ccccc3)O[C@@H]2CCC(=O)O)cc1. The Morgan fingerprint density at radius 3 is 2.00 bits per heavy atom. The van der Waals surface area contributed by atoms with E-state index in [1.807, 2.05) is 59.9 Å². The summed E-state index contributed by atoms with van der Waals surface area (Å²) in [6.45, 7) is 11.7. The third-order valence-electron chi connectivity index (χ3n) is 8.61. The fourth-order valence-corrected chi connectivity index (χ4v) is 9.08. The minimum atomic E-state index is -2.18. The van der Waals surface area contributed by atoms with Crippen molar-refractivity contribution in [2.24, 2.45) is 0 Å². The molecule has 0 bridgehead atoms. The molecule has 1 heterocycles. The number of rotatable bonds is 15. The summed E-state index contributed by atoms with van der Waals surface area (Å²) in [4.78, 5) is 14.1. The van der Waals surface area contributed by atoms with Crippen LogP contribution in [0.25, 0.3) is 0 Å². The van der Waals surface area contributed by atoms with Crippen LogP contribution in [-0.2, 0) is 25.3 Å². The molecule has 1 fully saturated rings. The van der Waals surface area contributed by atoms with Gasteiger partial charge in [0.2, 0.25) is 0 Å². The predicted octanol–water partition coefficient (Wildman–Crippen LogP) is 9.29. The minimum Gasteiger partial charge on any atom is -0.497 e. The van der Waals surface area contributed by atoms with Crippen LogP contribution in [0.1, 0.15) is 52.0 Å². The molecule has 3 aromatic carbocycles. The van der Waals surface area contributed by atoms with Crippen molar-refractivity contribution in [3.63, 3.8) is 0 Å². The van der Waals surface area contributed by atoms with E-state index in [9.17, 15) is 9.90 Å². The lowest BCUT2D eigenvalue weighted by molar-refractivity contribution is -0.187. The number of carbonyl (C=O) groups is 1. The zero-order valence-electron chi connectivity index (χ0n) is 27.3. The molecule has 4 atom stereocenters. The molecule has 0 spiro atoms. The predicted molar refractivity (Wildman–Crippen MR) is 187 cm³/mol. The lowest BCUT2D eigenvalue weighted by Crippen LogP contribution is -2.55.